The minimum Gasteiger partial charge on any atom is -0.326 e. The largest absolute Gasteiger partial charge is 0.326 e. The van der Waals surface area contributed by atoms with Gasteiger partial charge in [-0.05, 0) is 25.1 Å². The Morgan fingerprint density at radius 3 is 2.07 bits per heavy atom. The Balaban J connectivity index is 1.52. The highest BCUT2D eigenvalue weighted by Gasteiger charge is 2.24. The lowest BCUT2D eigenvalue weighted by Crippen LogP contribution is -2.92. The normalized spacial score (nSPS) is 12.2. The van der Waals surface area contributed by atoms with Crippen LogP contribution in [0.1, 0.15) is 24.1 Å². The summed E-state index contributed by atoms with van der Waals surface area (Å²) in [5.74, 6) is -0.0981. The zero-order valence-electron chi connectivity index (χ0n) is 16.1. The maximum absolute atomic E-state index is 12.8. The Morgan fingerprint density at radius 2 is 1.45 bits per heavy atom. The fourth-order valence-corrected chi connectivity index (χ4v) is 3.48. The van der Waals surface area contributed by atoms with E-state index in [0.29, 0.717) is 16.7 Å². The molecule has 1 heterocycles. The predicted octanol–water partition coefficient (Wildman–Crippen LogP) is 2.54. The molecule has 0 saturated carbocycles. The van der Waals surface area contributed by atoms with Crippen molar-refractivity contribution in [3.8, 4) is 0 Å². The van der Waals surface area contributed by atoms with Crippen LogP contribution in [-0.4, -0.2) is 21.9 Å². The zero-order chi connectivity index (χ0) is 20.2. The van der Waals surface area contributed by atoms with Gasteiger partial charge in [-0.3, -0.25) is 4.79 Å². The number of hydrogen-bond acceptors (Lipinski definition) is 2. The topological polar surface area (TPSA) is 94.4 Å². The van der Waals surface area contributed by atoms with Crippen molar-refractivity contribution in [1.82, 2.24) is 9.97 Å². The van der Waals surface area contributed by atoms with Crippen molar-refractivity contribution in [2.45, 2.75) is 19.0 Å². The van der Waals surface area contributed by atoms with Gasteiger partial charge in [0, 0.05) is 16.8 Å². The molecule has 0 spiro atoms. The summed E-state index contributed by atoms with van der Waals surface area (Å²) in [5.41, 5.74) is 4.04. The van der Waals surface area contributed by atoms with Crippen LogP contribution in [-0.2, 0) is 4.79 Å². The second-order valence-corrected chi connectivity index (χ2v) is 7.11. The highest BCUT2D eigenvalue weighted by atomic mass is 16.2. The van der Waals surface area contributed by atoms with E-state index in [1.807, 2.05) is 43.3 Å². The number of benzene rings is 3. The van der Waals surface area contributed by atoms with Crippen LogP contribution in [0.4, 0.5) is 5.69 Å². The minimum absolute atomic E-state index is 0.0154. The van der Waals surface area contributed by atoms with E-state index in [1.165, 1.54) is 0 Å². The number of anilines is 1. The van der Waals surface area contributed by atoms with Gasteiger partial charge in [-0.15, -0.1) is 0 Å². The lowest BCUT2D eigenvalue weighted by molar-refractivity contribution is -0.704. The molecule has 0 aliphatic rings. The quantitative estimate of drug-likeness (QED) is 0.409. The molecule has 4 aromatic rings. The number of hydrogen-bond donors (Lipinski definition) is 4. The van der Waals surface area contributed by atoms with Crippen LogP contribution in [0.5, 0.6) is 0 Å². The molecule has 1 atom stereocenters. The lowest BCUT2D eigenvalue weighted by atomic mass is 9.98. The Bertz CT molecular complexity index is 1130. The van der Waals surface area contributed by atoms with Gasteiger partial charge in [0.1, 0.15) is 6.04 Å². The number of aromatic nitrogens is 2. The molecule has 1 amide bonds. The molecular formula is C23H23N4O2+. The Hall–Kier alpha value is -3.64. The van der Waals surface area contributed by atoms with Crippen LogP contribution in [0.3, 0.4) is 0 Å². The molecule has 146 valence electrons. The van der Waals surface area contributed by atoms with Crippen molar-refractivity contribution >= 4 is 22.6 Å². The molecule has 29 heavy (non-hydrogen) atoms. The van der Waals surface area contributed by atoms with E-state index in [0.717, 1.165) is 11.1 Å². The molecular weight excluding hydrogens is 364 g/mol. The summed E-state index contributed by atoms with van der Waals surface area (Å²) in [5, 5.41) is 5.01. The van der Waals surface area contributed by atoms with Crippen LogP contribution in [0, 0.1) is 0 Å². The highest BCUT2D eigenvalue weighted by molar-refractivity contribution is 5.95. The summed E-state index contributed by atoms with van der Waals surface area (Å²) >= 11 is 0. The molecule has 4 rings (SSSR count). The third-order valence-electron chi connectivity index (χ3n) is 5.00. The maximum Gasteiger partial charge on any atom is 0.323 e. The number of amides is 1. The fourth-order valence-electron chi connectivity index (χ4n) is 3.48. The fraction of sp³-hybridized carbons (Fsp3) is 0.130. The number of imidazole rings is 1. The van der Waals surface area contributed by atoms with E-state index in [1.54, 1.807) is 18.2 Å². The van der Waals surface area contributed by atoms with Gasteiger partial charge in [-0.25, -0.2) is 4.79 Å². The monoisotopic (exact) mass is 387 g/mol. The average molecular weight is 387 g/mol. The summed E-state index contributed by atoms with van der Waals surface area (Å²) in [7, 11) is 0. The number of quaternary nitrogens is 1. The van der Waals surface area contributed by atoms with E-state index >= 15 is 0 Å². The van der Waals surface area contributed by atoms with Gasteiger partial charge in [0.05, 0.1) is 11.0 Å². The molecule has 3 aromatic carbocycles. The second kappa shape index (κ2) is 8.16. The smallest absolute Gasteiger partial charge is 0.323 e. The standard InChI is InChI=1S/C23H22N4O2/c1-15(22(28)25-18-12-13-19-20(14-18)27-23(29)26-19)24-21(16-8-4-2-5-9-16)17-10-6-3-7-11-17/h2-15,21,24H,1H3,(H,25,28)(H2,26,27,29)/p+1/t15-/m0/s1. The molecule has 0 aliphatic carbocycles. The SMILES string of the molecule is C[C@H]([NH2+]C(c1ccccc1)c1ccccc1)C(=O)Nc1ccc2[nH]c(=O)[nH]c2c1. The van der Waals surface area contributed by atoms with Crippen molar-refractivity contribution in [2.24, 2.45) is 0 Å². The number of nitrogens with one attached hydrogen (secondary N) is 3. The van der Waals surface area contributed by atoms with Gasteiger partial charge in [-0.1, -0.05) is 60.7 Å². The second-order valence-electron chi connectivity index (χ2n) is 7.11. The summed E-state index contributed by atoms with van der Waals surface area (Å²) in [6.07, 6.45) is 0. The summed E-state index contributed by atoms with van der Waals surface area (Å²) in [6, 6.07) is 25.3. The van der Waals surface area contributed by atoms with Crippen LogP contribution in [0.15, 0.2) is 83.7 Å². The highest BCUT2D eigenvalue weighted by Crippen LogP contribution is 2.18. The molecule has 0 bridgehead atoms. The van der Waals surface area contributed by atoms with E-state index in [2.05, 4.69) is 44.9 Å². The summed E-state index contributed by atoms with van der Waals surface area (Å²) in [6.45, 7) is 1.89. The molecule has 0 fully saturated rings. The first-order valence-electron chi connectivity index (χ1n) is 9.58. The molecule has 6 nitrogen and oxygen atoms in total. The van der Waals surface area contributed by atoms with Crippen molar-refractivity contribution in [1.29, 1.82) is 0 Å². The van der Waals surface area contributed by atoms with Crippen LogP contribution < -0.4 is 16.3 Å². The number of carbonyl (C=O) groups excluding carboxylic acids is 1. The molecule has 0 radical (unpaired) electrons. The zero-order valence-corrected chi connectivity index (χ0v) is 16.1. The number of H-pyrrole nitrogens is 2. The van der Waals surface area contributed by atoms with Crippen LogP contribution in [0.2, 0.25) is 0 Å². The lowest BCUT2D eigenvalue weighted by Gasteiger charge is -2.20. The Morgan fingerprint density at radius 1 is 0.862 bits per heavy atom. The Kier molecular flexibility index (Phi) is 5.27. The molecule has 0 saturated heterocycles. The maximum atomic E-state index is 12.8. The Labute approximate surface area is 168 Å². The van der Waals surface area contributed by atoms with E-state index < -0.39 is 0 Å². The van der Waals surface area contributed by atoms with Gasteiger partial charge < -0.3 is 20.6 Å². The first-order valence-corrected chi connectivity index (χ1v) is 9.58. The summed E-state index contributed by atoms with van der Waals surface area (Å²) < 4.78 is 0. The van der Waals surface area contributed by atoms with E-state index in [9.17, 15) is 9.59 Å². The van der Waals surface area contributed by atoms with E-state index in [-0.39, 0.29) is 23.7 Å². The van der Waals surface area contributed by atoms with Crippen molar-refractivity contribution in [2.75, 3.05) is 5.32 Å². The third-order valence-corrected chi connectivity index (χ3v) is 5.00. The van der Waals surface area contributed by atoms with Crippen molar-refractivity contribution in [3.63, 3.8) is 0 Å². The first-order chi connectivity index (χ1) is 14.1. The van der Waals surface area contributed by atoms with Crippen molar-refractivity contribution in [3.05, 3.63) is 100 Å². The van der Waals surface area contributed by atoms with Gasteiger partial charge in [0.15, 0.2) is 6.04 Å². The molecule has 0 unspecified atom stereocenters. The van der Waals surface area contributed by atoms with Crippen molar-refractivity contribution < 1.29 is 10.1 Å². The number of carbonyl (C=O) groups is 1. The molecule has 0 aliphatic heterocycles. The first kappa shape index (κ1) is 18.7. The molecule has 5 N–H and O–H groups in total. The molecule has 6 heteroatoms. The van der Waals surface area contributed by atoms with Gasteiger partial charge in [0.2, 0.25) is 0 Å². The van der Waals surface area contributed by atoms with Crippen LogP contribution in [0.25, 0.3) is 11.0 Å². The number of nitrogens with two attached hydrogens (primary N) is 1. The minimum atomic E-state index is -0.318. The third kappa shape index (κ3) is 4.28. The van der Waals surface area contributed by atoms with Gasteiger partial charge in [0.25, 0.3) is 5.91 Å². The van der Waals surface area contributed by atoms with Gasteiger partial charge >= 0.3 is 5.69 Å². The van der Waals surface area contributed by atoms with Gasteiger partial charge in [-0.2, -0.15) is 0 Å². The predicted molar refractivity (Wildman–Crippen MR) is 114 cm³/mol. The number of fused-ring (bicyclic) bond motifs is 1. The number of rotatable bonds is 6. The van der Waals surface area contributed by atoms with E-state index in [4.69, 9.17) is 0 Å². The van der Waals surface area contributed by atoms with Crippen LogP contribution >= 0.6 is 0 Å². The number of aromatic amines is 2. The molecule has 1 aromatic heterocycles. The average Bonchev–Trinajstić information content (AvgIpc) is 3.12. The summed E-state index contributed by atoms with van der Waals surface area (Å²) in [4.78, 5) is 29.6.